The average Bonchev–Trinajstić information content (AvgIpc) is 3.24. The molecule has 0 N–H and O–H groups in total. The minimum Gasteiger partial charge on any atom is -0.497 e. The lowest BCUT2D eigenvalue weighted by atomic mass is 10.1. The Morgan fingerprint density at radius 1 is 0.897 bits per heavy atom. The average molecular weight is 393 g/mol. The van der Waals surface area contributed by atoms with Crippen molar-refractivity contribution in [1.82, 2.24) is 14.8 Å². The molecule has 1 aromatic heterocycles. The van der Waals surface area contributed by atoms with E-state index < -0.39 is 0 Å². The van der Waals surface area contributed by atoms with Gasteiger partial charge in [-0.05, 0) is 30.3 Å². The minimum atomic E-state index is 0.685. The van der Waals surface area contributed by atoms with Crippen molar-refractivity contribution in [2.75, 3.05) is 40.4 Å². The SMILES string of the molecule is COc1ccc(OC)c(CN2CCN(Cc3coc(-c4ccccc4)n3)CC2)c1. The molecule has 0 aliphatic carbocycles. The molecule has 6 heteroatoms. The van der Waals surface area contributed by atoms with Gasteiger partial charge >= 0.3 is 0 Å². The second-order valence-corrected chi connectivity index (χ2v) is 7.24. The maximum absolute atomic E-state index is 5.67. The van der Waals surface area contributed by atoms with Crippen LogP contribution in [0.25, 0.3) is 11.5 Å². The molecule has 1 fully saturated rings. The van der Waals surface area contributed by atoms with Crippen LogP contribution in [0.5, 0.6) is 11.5 Å². The third-order valence-electron chi connectivity index (χ3n) is 5.30. The molecule has 0 spiro atoms. The van der Waals surface area contributed by atoms with Crippen LogP contribution in [0, 0.1) is 0 Å². The smallest absolute Gasteiger partial charge is 0.226 e. The van der Waals surface area contributed by atoms with Gasteiger partial charge in [-0.15, -0.1) is 0 Å². The maximum atomic E-state index is 5.67. The first kappa shape index (κ1) is 19.5. The molecular weight excluding hydrogens is 366 g/mol. The Labute approximate surface area is 171 Å². The van der Waals surface area contributed by atoms with E-state index in [-0.39, 0.29) is 0 Å². The maximum Gasteiger partial charge on any atom is 0.226 e. The number of aromatic nitrogens is 1. The molecule has 6 nitrogen and oxygen atoms in total. The highest BCUT2D eigenvalue weighted by molar-refractivity contribution is 5.52. The van der Waals surface area contributed by atoms with Crippen LogP contribution in [-0.4, -0.2) is 55.2 Å². The summed E-state index contributed by atoms with van der Waals surface area (Å²) in [5.41, 5.74) is 3.15. The van der Waals surface area contributed by atoms with Crippen molar-refractivity contribution < 1.29 is 13.9 Å². The van der Waals surface area contributed by atoms with Gasteiger partial charge in [0.2, 0.25) is 5.89 Å². The van der Waals surface area contributed by atoms with Crippen molar-refractivity contribution in [3.8, 4) is 23.0 Å². The summed E-state index contributed by atoms with van der Waals surface area (Å²) >= 11 is 0. The molecule has 0 radical (unpaired) electrons. The molecule has 0 saturated carbocycles. The summed E-state index contributed by atoms with van der Waals surface area (Å²) in [4.78, 5) is 9.52. The number of methoxy groups -OCH3 is 2. The zero-order valence-corrected chi connectivity index (χ0v) is 17.0. The molecule has 0 atom stereocenters. The van der Waals surface area contributed by atoms with Crippen molar-refractivity contribution in [3.05, 3.63) is 66.1 Å². The van der Waals surface area contributed by atoms with E-state index in [4.69, 9.17) is 13.9 Å². The van der Waals surface area contributed by atoms with E-state index in [9.17, 15) is 0 Å². The van der Waals surface area contributed by atoms with Crippen molar-refractivity contribution in [1.29, 1.82) is 0 Å². The van der Waals surface area contributed by atoms with Gasteiger partial charge in [-0.1, -0.05) is 18.2 Å². The van der Waals surface area contributed by atoms with Crippen molar-refractivity contribution in [3.63, 3.8) is 0 Å². The summed E-state index contributed by atoms with van der Waals surface area (Å²) in [7, 11) is 3.41. The van der Waals surface area contributed by atoms with Crippen LogP contribution < -0.4 is 9.47 Å². The molecule has 1 aliphatic heterocycles. The summed E-state index contributed by atoms with van der Waals surface area (Å²) in [5.74, 6) is 2.45. The van der Waals surface area contributed by atoms with Gasteiger partial charge in [0.1, 0.15) is 17.8 Å². The second-order valence-electron chi connectivity index (χ2n) is 7.24. The Morgan fingerprint density at radius 2 is 1.62 bits per heavy atom. The topological polar surface area (TPSA) is 51.0 Å². The minimum absolute atomic E-state index is 0.685. The standard InChI is InChI=1S/C23H27N3O3/c1-27-21-8-9-22(28-2)19(14-21)15-25-10-12-26(13-11-25)16-20-17-29-23(24-20)18-6-4-3-5-7-18/h3-9,14,17H,10-13,15-16H2,1-2H3. The highest BCUT2D eigenvalue weighted by Gasteiger charge is 2.20. The summed E-state index contributed by atoms with van der Waals surface area (Å²) in [6.45, 7) is 5.68. The molecule has 1 aliphatic rings. The van der Waals surface area contributed by atoms with Crippen LogP contribution in [0.3, 0.4) is 0 Å². The van der Waals surface area contributed by atoms with E-state index in [1.165, 1.54) is 0 Å². The third-order valence-corrected chi connectivity index (χ3v) is 5.30. The van der Waals surface area contributed by atoms with Gasteiger partial charge in [0.05, 0.1) is 19.9 Å². The normalized spacial score (nSPS) is 15.4. The summed E-state index contributed by atoms with van der Waals surface area (Å²) in [5, 5.41) is 0. The van der Waals surface area contributed by atoms with Crippen LogP contribution in [0.15, 0.2) is 59.2 Å². The second kappa shape index (κ2) is 9.11. The largest absolute Gasteiger partial charge is 0.497 e. The van der Waals surface area contributed by atoms with E-state index >= 15 is 0 Å². The monoisotopic (exact) mass is 393 g/mol. The lowest BCUT2D eigenvalue weighted by molar-refractivity contribution is 0.120. The summed E-state index contributed by atoms with van der Waals surface area (Å²) < 4.78 is 16.5. The molecule has 2 heterocycles. The van der Waals surface area contributed by atoms with Crippen LogP contribution in [-0.2, 0) is 13.1 Å². The number of hydrogen-bond donors (Lipinski definition) is 0. The lowest BCUT2D eigenvalue weighted by Crippen LogP contribution is -2.45. The Morgan fingerprint density at radius 3 is 2.31 bits per heavy atom. The fourth-order valence-corrected chi connectivity index (χ4v) is 3.67. The van der Waals surface area contributed by atoms with Crippen LogP contribution in [0.2, 0.25) is 0 Å². The number of oxazole rings is 1. The Hall–Kier alpha value is -2.83. The number of benzene rings is 2. The summed E-state index contributed by atoms with van der Waals surface area (Å²) in [6.07, 6.45) is 1.77. The number of ether oxygens (including phenoxy) is 2. The number of rotatable bonds is 7. The predicted molar refractivity (Wildman–Crippen MR) is 112 cm³/mol. The van der Waals surface area contributed by atoms with E-state index in [1.807, 2.05) is 42.5 Å². The fourth-order valence-electron chi connectivity index (χ4n) is 3.67. The van der Waals surface area contributed by atoms with Gasteiger partial charge in [0.25, 0.3) is 0 Å². The molecule has 4 rings (SSSR count). The van der Waals surface area contributed by atoms with Gasteiger partial charge in [0.15, 0.2) is 0 Å². The Bertz CT molecular complexity index is 918. The molecule has 1 saturated heterocycles. The molecule has 29 heavy (non-hydrogen) atoms. The van der Waals surface area contributed by atoms with Crippen LogP contribution in [0.4, 0.5) is 0 Å². The van der Waals surface area contributed by atoms with Crippen LogP contribution in [0.1, 0.15) is 11.3 Å². The van der Waals surface area contributed by atoms with E-state index in [2.05, 4.69) is 20.9 Å². The quantitative estimate of drug-likeness (QED) is 0.610. The number of hydrogen-bond acceptors (Lipinski definition) is 6. The third kappa shape index (κ3) is 4.78. The molecule has 0 amide bonds. The summed E-state index contributed by atoms with van der Waals surface area (Å²) in [6, 6.07) is 16.0. The zero-order chi connectivity index (χ0) is 20.1. The van der Waals surface area contributed by atoms with Gasteiger partial charge in [-0.25, -0.2) is 4.98 Å². The molecular formula is C23H27N3O3. The lowest BCUT2D eigenvalue weighted by Gasteiger charge is -2.34. The zero-order valence-electron chi connectivity index (χ0n) is 17.0. The Kier molecular flexibility index (Phi) is 6.12. The van der Waals surface area contributed by atoms with Gasteiger partial charge < -0.3 is 13.9 Å². The van der Waals surface area contributed by atoms with Crippen molar-refractivity contribution in [2.24, 2.45) is 0 Å². The van der Waals surface area contributed by atoms with E-state index in [1.54, 1.807) is 20.5 Å². The molecule has 152 valence electrons. The van der Waals surface area contributed by atoms with Crippen LogP contribution >= 0.6 is 0 Å². The predicted octanol–water partition coefficient (Wildman–Crippen LogP) is 3.68. The molecule has 0 bridgehead atoms. The Balaban J connectivity index is 1.32. The first-order valence-corrected chi connectivity index (χ1v) is 9.90. The van der Waals surface area contributed by atoms with Gasteiger partial charge in [-0.2, -0.15) is 0 Å². The van der Waals surface area contributed by atoms with Gasteiger partial charge in [0, 0.05) is 50.4 Å². The molecule has 2 aromatic carbocycles. The number of piperazine rings is 1. The first-order valence-electron chi connectivity index (χ1n) is 9.90. The van der Waals surface area contributed by atoms with E-state index in [0.717, 1.165) is 67.6 Å². The molecule has 0 unspecified atom stereocenters. The van der Waals surface area contributed by atoms with Crippen molar-refractivity contribution >= 4 is 0 Å². The molecule has 3 aromatic rings. The highest BCUT2D eigenvalue weighted by atomic mass is 16.5. The number of nitrogens with zero attached hydrogens (tertiary/aromatic N) is 3. The van der Waals surface area contributed by atoms with E-state index in [0.29, 0.717) is 5.89 Å². The highest BCUT2D eigenvalue weighted by Crippen LogP contribution is 2.26. The van der Waals surface area contributed by atoms with Crippen molar-refractivity contribution in [2.45, 2.75) is 13.1 Å². The first-order chi connectivity index (χ1) is 14.2. The van der Waals surface area contributed by atoms with Gasteiger partial charge in [-0.3, -0.25) is 9.80 Å². The fraction of sp³-hybridized carbons (Fsp3) is 0.348.